The first kappa shape index (κ1) is 16.2. The summed E-state index contributed by atoms with van der Waals surface area (Å²) in [4.78, 5) is 7.07. The maximum absolute atomic E-state index is 9.14. The molecule has 1 unspecified atom stereocenters. The van der Waals surface area contributed by atoms with Crippen molar-refractivity contribution in [2.75, 3.05) is 19.7 Å². The lowest BCUT2D eigenvalue weighted by atomic mass is 9.99. The second kappa shape index (κ2) is 8.98. The summed E-state index contributed by atoms with van der Waals surface area (Å²) in [7, 11) is 0. The largest absolute Gasteiger partial charge is 0.396 e. The van der Waals surface area contributed by atoms with E-state index in [1.54, 1.807) is 11.3 Å². The second-order valence-corrected chi connectivity index (χ2v) is 6.73. The number of aromatic nitrogens is 1. The number of likely N-dealkylation sites (tertiary alicyclic amines) is 1. The van der Waals surface area contributed by atoms with Crippen molar-refractivity contribution in [1.29, 1.82) is 0 Å². The van der Waals surface area contributed by atoms with Crippen molar-refractivity contribution >= 4 is 22.9 Å². The molecule has 1 aromatic heterocycles. The zero-order valence-corrected chi connectivity index (χ0v) is 13.6. The maximum atomic E-state index is 9.14. The van der Waals surface area contributed by atoms with Gasteiger partial charge in [0, 0.05) is 18.0 Å². The number of aryl methyl sites for hydroxylation is 1. The summed E-state index contributed by atoms with van der Waals surface area (Å²) in [6, 6.07) is 0.608. The first-order valence-corrected chi connectivity index (χ1v) is 9.09. The molecule has 114 valence electrons. The minimum Gasteiger partial charge on any atom is -0.396 e. The van der Waals surface area contributed by atoms with Crippen LogP contribution in [0.1, 0.15) is 49.2 Å². The van der Waals surface area contributed by atoms with E-state index in [4.69, 9.17) is 16.7 Å². The standard InChI is InChI=1S/C15H25ClN2OS/c16-11-13-12-20-15(17-13)6-2-4-9-18-8-3-1-5-14(18)7-10-19/h12,14,19H,1-11H2. The molecule has 0 amide bonds. The third-order valence-corrected chi connectivity index (χ3v) is 5.26. The van der Waals surface area contributed by atoms with Crippen LogP contribution in [-0.2, 0) is 12.3 Å². The van der Waals surface area contributed by atoms with Crippen molar-refractivity contribution in [3.63, 3.8) is 0 Å². The highest BCUT2D eigenvalue weighted by Gasteiger charge is 2.20. The SMILES string of the molecule is OCCC1CCCCN1CCCCc1nc(CCl)cs1. The number of thiazole rings is 1. The molecule has 1 fully saturated rings. The van der Waals surface area contributed by atoms with Crippen molar-refractivity contribution in [2.45, 2.75) is 56.9 Å². The van der Waals surface area contributed by atoms with E-state index in [2.05, 4.69) is 15.3 Å². The number of halogens is 1. The second-order valence-electron chi connectivity index (χ2n) is 5.52. The van der Waals surface area contributed by atoms with Crippen LogP contribution in [0.2, 0.25) is 0 Å². The maximum Gasteiger partial charge on any atom is 0.0928 e. The van der Waals surface area contributed by atoms with E-state index in [1.807, 2.05) is 0 Å². The van der Waals surface area contributed by atoms with Gasteiger partial charge >= 0.3 is 0 Å². The van der Waals surface area contributed by atoms with E-state index in [0.717, 1.165) is 18.5 Å². The molecule has 5 heteroatoms. The van der Waals surface area contributed by atoms with E-state index in [0.29, 0.717) is 18.5 Å². The highest BCUT2D eigenvalue weighted by atomic mass is 35.5. The summed E-state index contributed by atoms with van der Waals surface area (Å²) < 4.78 is 0. The zero-order chi connectivity index (χ0) is 14.2. The molecule has 1 atom stereocenters. The molecule has 0 aliphatic carbocycles. The van der Waals surface area contributed by atoms with Crippen LogP contribution in [0, 0.1) is 0 Å². The molecule has 0 spiro atoms. The van der Waals surface area contributed by atoms with Gasteiger partial charge in [0.1, 0.15) is 0 Å². The van der Waals surface area contributed by atoms with Gasteiger partial charge in [-0.1, -0.05) is 6.42 Å². The Morgan fingerprint density at radius 1 is 1.40 bits per heavy atom. The molecular weight excluding hydrogens is 292 g/mol. The summed E-state index contributed by atoms with van der Waals surface area (Å²) in [5, 5.41) is 12.4. The third-order valence-electron chi connectivity index (χ3n) is 4.03. The monoisotopic (exact) mass is 316 g/mol. The number of unbranched alkanes of at least 4 members (excludes halogenated alkanes) is 1. The molecule has 1 aliphatic heterocycles. The van der Waals surface area contributed by atoms with Gasteiger partial charge in [-0.3, -0.25) is 0 Å². The number of nitrogens with zero attached hydrogens (tertiary/aromatic N) is 2. The Labute approximate surface area is 131 Å². The van der Waals surface area contributed by atoms with Crippen LogP contribution in [-0.4, -0.2) is 40.7 Å². The van der Waals surface area contributed by atoms with Gasteiger partial charge in [-0.2, -0.15) is 0 Å². The number of rotatable bonds is 8. The summed E-state index contributed by atoms with van der Waals surface area (Å²) in [5.41, 5.74) is 1.01. The van der Waals surface area contributed by atoms with Crippen molar-refractivity contribution in [1.82, 2.24) is 9.88 Å². The Kier molecular flexibility index (Phi) is 7.28. The molecule has 0 bridgehead atoms. The summed E-state index contributed by atoms with van der Waals surface area (Å²) in [6.45, 7) is 2.69. The lowest BCUT2D eigenvalue weighted by molar-refractivity contribution is 0.117. The minimum atomic E-state index is 0.321. The highest BCUT2D eigenvalue weighted by molar-refractivity contribution is 7.09. The van der Waals surface area contributed by atoms with Crippen LogP contribution in [0.3, 0.4) is 0 Å². The molecule has 3 nitrogen and oxygen atoms in total. The summed E-state index contributed by atoms with van der Waals surface area (Å²) in [5.74, 6) is 0.521. The van der Waals surface area contributed by atoms with E-state index >= 15 is 0 Å². The fourth-order valence-corrected chi connectivity index (χ4v) is 4.02. The summed E-state index contributed by atoms with van der Waals surface area (Å²) >= 11 is 7.49. The quantitative estimate of drug-likeness (QED) is 0.589. The Morgan fingerprint density at radius 3 is 3.05 bits per heavy atom. The average Bonchev–Trinajstić information content (AvgIpc) is 2.93. The normalized spacial score (nSPS) is 20.4. The number of aliphatic hydroxyl groups excluding tert-OH is 1. The predicted octanol–water partition coefficient (Wildman–Crippen LogP) is 3.44. The van der Waals surface area contributed by atoms with E-state index in [-0.39, 0.29) is 0 Å². The van der Waals surface area contributed by atoms with Gasteiger partial charge in [0.25, 0.3) is 0 Å². The molecule has 0 radical (unpaired) electrons. The van der Waals surface area contributed by atoms with Crippen molar-refractivity contribution in [2.24, 2.45) is 0 Å². The molecule has 1 saturated heterocycles. The zero-order valence-electron chi connectivity index (χ0n) is 12.1. The van der Waals surface area contributed by atoms with Crippen LogP contribution < -0.4 is 0 Å². The average molecular weight is 317 g/mol. The lowest BCUT2D eigenvalue weighted by Gasteiger charge is -2.35. The van der Waals surface area contributed by atoms with Crippen molar-refractivity contribution < 1.29 is 5.11 Å². The van der Waals surface area contributed by atoms with Crippen molar-refractivity contribution in [3.8, 4) is 0 Å². The number of hydrogen-bond donors (Lipinski definition) is 1. The van der Waals surface area contributed by atoms with Gasteiger partial charge in [-0.15, -0.1) is 22.9 Å². The fourth-order valence-electron chi connectivity index (χ4n) is 2.95. The van der Waals surface area contributed by atoms with Gasteiger partial charge in [0.05, 0.1) is 16.6 Å². The van der Waals surface area contributed by atoms with Crippen LogP contribution in [0.25, 0.3) is 0 Å². The summed E-state index contributed by atoms with van der Waals surface area (Å²) in [6.07, 6.45) is 8.31. The molecule has 1 aromatic rings. The van der Waals surface area contributed by atoms with Gasteiger partial charge in [0.15, 0.2) is 0 Å². The lowest BCUT2D eigenvalue weighted by Crippen LogP contribution is -2.40. The number of aliphatic hydroxyl groups is 1. The van der Waals surface area contributed by atoms with Gasteiger partial charge < -0.3 is 10.0 Å². The van der Waals surface area contributed by atoms with E-state index < -0.39 is 0 Å². The Hall–Kier alpha value is -0.160. The Bertz CT molecular complexity index is 384. The number of alkyl halides is 1. The van der Waals surface area contributed by atoms with E-state index in [9.17, 15) is 0 Å². The van der Waals surface area contributed by atoms with Crippen LogP contribution >= 0.6 is 22.9 Å². The topological polar surface area (TPSA) is 36.4 Å². The number of piperidine rings is 1. The number of hydrogen-bond acceptors (Lipinski definition) is 4. The molecule has 2 rings (SSSR count). The molecule has 1 N–H and O–H groups in total. The minimum absolute atomic E-state index is 0.321. The first-order valence-electron chi connectivity index (χ1n) is 7.67. The van der Waals surface area contributed by atoms with Gasteiger partial charge in [-0.25, -0.2) is 4.98 Å². The smallest absolute Gasteiger partial charge is 0.0928 e. The first-order chi connectivity index (χ1) is 9.83. The molecular formula is C15H25ClN2OS. The van der Waals surface area contributed by atoms with Crippen LogP contribution in [0.15, 0.2) is 5.38 Å². The third kappa shape index (κ3) is 4.99. The molecule has 0 aromatic carbocycles. The predicted molar refractivity (Wildman–Crippen MR) is 85.5 cm³/mol. The molecule has 20 heavy (non-hydrogen) atoms. The van der Waals surface area contributed by atoms with Gasteiger partial charge in [-0.05, 0) is 51.6 Å². The Morgan fingerprint density at radius 2 is 2.30 bits per heavy atom. The molecule has 2 heterocycles. The Balaban J connectivity index is 1.66. The fraction of sp³-hybridized carbons (Fsp3) is 0.800. The van der Waals surface area contributed by atoms with Crippen LogP contribution in [0.5, 0.6) is 0 Å². The molecule has 0 saturated carbocycles. The van der Waals surface area contributed by atoms with Crippen LogP contribution in [0.4, 0.5) is 0 Å². The molecule has 1 aliphatic rings. The van der Waals surface area contributed by atoms with Crippen molar-refractivity contribution in [3.05, 3.63) is 16.1 Å². The van der Waals surface area contributed by atoms with Gasteiger partial charge in [0.2, 0.25) is 0 Å². The van der Waals surface area contributed by atoms with E-state index in [1.165, 1.54) is 50.2 Å². The highest BCUT2D eigenvalue weighted by Crippen LogP contribution is 2.20.